The molecule has 110 valence electrons. The lowest BCUT2D eigenvalue weighted by Gasteiger charge is -2.22. The summed E-state index contributed by atoms with van der Waals surface area (Å²) in [5, 5.41) is 7.62. The molecule has 0 amide bonds. The topological polar surface area (TPSA) is 60.2 Å². The monoisotopic (exact) mass is 285 g/mol. The third-order valence-electron chi connectivity index (χ3n) is 4.54. The molecule has 3 unspecified atom stereocenters. The van der Waals surface area contributed by atoms with Gasteiger partial charge in [-0.15, -0.1) is 0 Å². The van der Waals surface area contributed by atoms with Crippen LogP contribution in [-0.4, -0.2) is 29.3 Å². The van der Waals surface area contributed by atoms with E-state index in [0.29, 0.717) is 18.6 Å². The predicted molar refractivity (Wildman–Crippen MR) is 77.5 cm³/mol. The Morgan fingerprint density at radius 1 is 1.29 bits per heavy atom. The Labute approximate surface area is 123 Å². The van der Waals surface area contributed by atoms with E-state index in [-0.39, 0.29) is 5.92 Å². The summed E-state index contributed by atoms with van der Waals surface area (Å²) in [6.07, 6.45) is 1.97. The first-order valence-corrected chi connectivity index (χ1v) is 7.59. The highest BCUT2D eigenvalue weighted by Crippen LogP contribution is 2.32. The Kier molecular flexibility index (Phi) is 3.15. The van der Waals surface area contributed by atoms with Gasteiger partial charge < -0.3 is 14.6 Å². The van der Waals surface area contributed by atoms with Crippen LogP contribution in [0.1, 0.15) is 42.5 Å². The number of rotatable bonds is 2. The summed E-state index contributed by atoms with van der Waals surface area (Å²) in [7, 11) is 0. The number of para-hydroxylation sites is 1. The highest BCUT2D eigenvalue weighted by molar-refractivity contribution is 5.36. The molecule has 1 N–H and O–H groups in total. The molecule has 0 spiro atoms. The molecule has 1 fully saturated rings. The van der Waals surface area contributed by atoms with Gasteiger partial charge in [0.1, 0.15) is 5.75 Å². The maximum Gasteiger partial charge on any atom is 0.231 e. The van der Waals surface area contributed by atoms with E-state index in [1.54, 1.807) is 0 Å². The third kappa shape index (κ3) is 2.31. The van der Waals surface area contributed by atoms with Gasteiger partial charge in [-0.2, -0.15) is 4.98 Å². The molecular formula is C16H19N3O2. The maximum absolute atomic E-state index is 5.81. The number of nitrogens with one attached hydrogen (secondary N) is 1. The zero-order valence-electron chi connectivity index (χ0n) is 12.1. The molecule has 0 aliphatic carbocycles. The zero-order valence-corrected chi connectivity index (χ0v) is 12.1. The van der Waals surface area contributed by atoms with E-state index < -0.39 is 0 Å². The van der Waals surface area contributed by atoms with E-state index in [2.05, 4.69) is 28.4 Å². The molecule has 2 aromatic rings. The summed E-state index contributed by atoms with van der Waals surface area (Å²) in [6.45, 7) is 3.80. The number of ether oxygens (including phenoxy) is 1. The van der Waals surface area contributed by atoms with Gasteiger partial charge in [0.25, 0.3) is 0 Å². The minimum atomic E-state index is 0.182. The fourth-order valence-electron chi connectivity index (χ4n) is 3.25. The number of nitrogens with zero attached hydrogens (tertiary/aromatic N) is 2. The minimum Gasteiger partial charge on any atom is -0.493 e. The molecule has 5 heteroatoms. The Bertz CT molecular complexity index is 640. The quantitative estimate of drug-likeness (QED) is 0.917. The van der Waals surface area contributed by atoms with E-state index in [4.69, 9.17) is 9.26 Å². The van der Waals surface area contributed by atoms with Crippen LogP contribution in [0, 0.1) is 0 Å². The summed E-state index contributed by atoms with van der Waals surface area (Å²) in [5.74, 6) is 3.04. The van der Waals surface area contributed by atoms with Crippen molar-refractivity contribution in [1.29, 1.82) is 0 Å². The molecule has 21 heavy (non-hydrogen) atoms. The fourth-order valence-corrected chi connectivity index (χ4v) is 3.25. The van der Waals surface area contributed by atoms with Crippen LogP contribution in [0.3, 0.4) is 0 Å². The second kappa shape index (κ2) is 5.15. The normalized spacial score (nSPS) is 28.1. The van der Waals surface area contributed by atoms with E-state index in [1.807, 2.05) is 18.2 Å². The van der Waals surface area contributed by atoms with Crippen LogP contribution in [0.2, 0.25) is 0 Å². The van der Waals surface area contributed by atoms with Crippen molar-refractivity contribution < 1.29 is 9.26 Å². The molecule has 1 saturated heterocycles. The average Bonchev–Trinajstić information content (AvgIpc) is 3.15. The highest BCUT2D eigenvalue weighted by atomic mass is 16.5. The molecule has 2 aliphatic rings. The van der Waals surface area contributed by atoms with Crippen molar-refractivity contribution in [3.8, 4) is 5.75 Å². The fraction of sp³-hybridized carbons (Fsp3) is 0.500. The number of hydrogen-bond donors (Lipinski definition) is 1. The van der Waals surface area contributed by atoms with Crippen LogP contribution in [-0.2, 0) is 6.42 Å². The van der Waals surface area contributed by atoms with Crippen molar-refractivity contribution in [2.24, 2.45) is 0 Å². The number of hydrogen-bond acceptors (Lipinski definition) is 5. The Morgan fingerprint density at radius 2 is 2.19 bits per heavy atom. The first-order chi connectivity index (χ1) is 10.3. The van der Waals surface area contributed by atoms with Crippen LogP contribution in [0.25, 0.3) is 0 Å². The van der Waals surface area contributed by atoms with E-state index >= 15 is 0 Å². The summed E-state index contributed by atoms with van der Waals surface area (Å²) in [4.78, 5) is 4.64. The van der Waals surface area contributed by atoms with Crippen molar-refractivity contribution in [2.45, 2.75) is 37.6 Å². The minimum absolute atomic E-state index is 0.182. The second-order valence-electron chi connectivity index (χ2n) is 5.95. The van der Waals surface area contributed by atoms with Crippen molar-refractivity contribution >= 4 is 0 Å². The molecule has 1 aromatic carbocycles. The number of benzene rings is 1. The van der Waals surface area contributed by atoms with Gasteiger partial charge in [-0.05, 0) is 37.9 Å². The molecule has 0 saturated carbocycles. The van der Waals surface area contributed by atoms with Crippen molar-refractivity contribution in [3.05, 3.63) is 41.5 Å². The lowest BCUT2D eigenvalue weighted by molar-refractivity contribution is 0.253. The molecule has 5 nitrogen and oxygen atoms in total. The molecule has 3 heterocycles. The van der Waals surface area contributed by atoms with Gasteiger partial charge in [-0.25, -0.2) is 0 Å². The lowest BCUT2D eigenvalue weighted by Crippen LogP contribution is -2.22. The molecule has 0 bridgehead atoms. The highest BCUT2D eigenvalue weighted by Gasteiger charge is 2.31. The van der Waals surface area contributed by atoms with Gasteiger partial charge in [0.05, 0.1) is 18.4 Å². The van der Waals surface area contributed by atoms with Crippen LogP contribution in [0.4, 0.5) is 0 Å². The first-order valence-electron chi connectivity index (χ1n) is 7.59. The summed E-state index contributed by atoms with van der Waals surface area (Å²) < 4.78 is 11.3. The molecule has 3 atom stereocenters. The van der Waals surface area contributed by atoms with Gasteiger partial charge in [0.15, 0.2) is 5.82 Å². The van der Waals surface area contributed by atoms with Gasteiger partial charge in [-0.1, -0.05) is 23.4 Å². The SMILES string of the molecule is CC1NCCC1c1nc(C2COc3ccccc3C2)no1. The summed E-state index contributed by atoms with van der Waals surface area (Å²) in [6, 6.07) is 8.56. The molecule has 1 aromatic heterocycles. The van der Waals surface area contributed by atoms with Crippen LogP contribution < -0.4 is 10.1 Å². The van der Waals surface area contributed by atoms with E-state index in [0.717, 1.165) is 36.9 Å². The molecule has 2 aliphatic heterocycles. The predicted octanol–water partition coefficient (Wildman–Crippen LogP) is 2.25. The number of fused-ring (bicyclic) bond motifs is 1. The van der Waals surface area contributed by atoms with Crippen LogP contribution >= 0.6 is 0 Å². The zero-order chi connectivity index (χ0) is 14.2. The third-order valence-corrected chi connectivity index (χ3v) is 4.54. The molecular weight excluding hydrogens is 266 g/mol. The van der Waals surface area contributed by atoms with Crippen molar-refractivity contribution in [2.75, 3.05) is 13.2 Å². The van der Waals surface area contributed by atoms with Gasteiger partial charge in [-0.3, -0.25) is 0 Å². The molecule has 0 radical (unpaired) electrons. The van der Waals surface area contributed by atoms with E-state index in [9.17, 15) is 0 Å². The van der Waals surface area contributed by atoms with Crippen molar-refractivity contribution in [3.63, 3.8) is 0 Å². The summed E-state index contributed by atoms with van der Waals surface area (Å²) >= 11 is 0. The molecule has 4 rings (SSSR count). The second-order valence-corrected chi connectivity index (χ2v) is 5.95. The van der Waals surface area contributed by atoms with Gasteiger partial charge in [0, 0.05) is 6.04 Å². The Balaban J connectivity index is 1.54. The Hall–Kier alpha value is -1.88. The largest absolute Gasteiger partial charge is 0.493 e. The van der Waals surface area contributed by atoms with Crippen molar-refractivity contribution in [1.82, 2.24) is 15.5 Å². The van der Waals surface area contributed by atoms with Gasteiger partial charge in [0.2, 0.25) is 5.89 Å². The lowest BCUT2D eigenvalue weighted by atomic mass is 9.96. The maximum atomic E-state index is 5.81. The van der Waals surface area contributed by atoms with E-state index in [1.165, 1.54) is 5.56 Å². The first kappa shape index (κ1) is 12.8. The standard InChI is InChI=1S/C16H19N3O2/c1-10-13(6-7-17-10)16-18-15(19-21-16)12-8-11-4-2-3-5-14(11)20-9-12/h2-5,10,12-13,17H,6-9H2,1H3. The Morgan fingerprint density at radius 3 is 3.05 bits per heavy atom. The summed E-state index contributed by atoms with van der Waals surface area (Å²) in [5.41, 5.74) is 1.22. The smallest absolute Gasteiger partial charge is 0.231 e. The average molecular weight is 285 g/mol. The van der Waals surface area contributed by atoms with Crippen LogP contribution in [0.5, 0.6) is 5.75 Å². The van der Waals surface area contributed by atoms with Gasteiger partial charge >= 0.3 is 0 Å². The van der Waals surface area contributed by atoms with Crippen LogP contribution in [0.15, 0.2) is 28.8 Å². The number of aromatic nitrogens is 2.